The van der Waals surface area contributed by atoms with Crippen molar-refractivity contribution in [1.29, 1.82) is 0 Å². The van der Waals surface area contributed by atoms with Gasteiger partial charge in [0.25, 0.3) is 0 Å². The molecule has 106 valence electrons. The van der Waals surface area contributed by atoms with Crippen molar-refractivity contribution in [2.45, 2.75) is 51.4 Å². The van der Waals surface area contributed by atoms with Crippen molar-refractivity contribution in [3.63, 3.8) is 0 Å². The van der Waals surface area contributed by atoms with Crippen LogP contribution in [-0.4, -0.2) is 27.4 Å². The molecule has 2 heteroatoms. The number of methoxy groups -OCH3 is 2. The van der Waals surface area contributed by atoms with E-state index in [-0.39, 0.29) is 0 Å². The van der Waals surface area contributed by atoms with Crippen molar-refractivity contribution < 1.29 is 9.47 Å². The highest BCUT2D eigenvalue weighted by Gasteiger charge is 2.36. The molecule has 0 bridgehead atoms. The van der Waals surface area contributed by atoms with Crippen LogP contribution in [0.5, 0.6) is 0 Å². The average molecular weight is 254 g/mol. The lowest BCUT2D eigenvalue weighted by atomic mass is 9.74. The summed E-state index contributed by atoms with van der Waals surface area (Å²) in [6, 6.07) is 0. The maximum Gasteiger partial charge on any atom is 0.0496 e. The number of hydrogen-bond donors (Lipinski definition) is 0. The summed E-state index contributed by atoms with van der Waals surface area (Å²) < 4.78 is 11.1. The summed E-state index contributed by atoms with van der Waals surface area (Å²) in [6.45, 7) is 1.88. The molecule has 0 aromatic rings. The van der Waals surface area contributed by atoms with Gasteiger partial charge in [-0.3, -0.25) is 0 Å². The summed E-state index contributed by atoms with van der Waals surface area (Å²) in [5.74, 6) is 3.26. The highest BCUT2D eigenvalue weighted by molar-refractivity contribution is 4.86. The van der Waals surface area contributed by atoms with Crippen molar-refractivity contribution >= 4 is 0 Å². The van der Waals surface area contributed by atoms with Crippen molar-refractivity contribution in [2.75, 3.05) is 27.4 Å². The maximum absolute atomic E-state index is 5.55. The molecule has 18 heavy (non-hydrogen) atoms. The van der Waals surface area contributed by atoms with Crippen LogP contribution in [0.3, 0.4) is 0 Å². The van der Waals surface area contributed by atoms with Gasteiger partial charge in [-0.2, -0.15) is 0 Å². The lowest BCUT2D eigenvalue weighted by Crippen LogP contribution is -2.33. The van der Waals surface area contributed by atoms with Gasteiger partial charge in [-0.25, -0.2) is 0 Å². The van der Waals surface area contributed by atoms with Crippen LogP contribution in [0.2, 0.25) is 0 Å². The normalized spacial score (nSPS) is 25.7. The molecular formula is C16H30O2. The van der Waals surface area contributed by atoms with E-state index in [0.29, 0.717) is 0 Å². The Morgan fingerprint density at radius 2 is 1.06 bits per heavy atom. The average Bonchev–Trinajstić information content (AvgIpc) is 3.05. The number of rotatable bonds is 7. The van der Waals surface area contributed by atoms with Gasteiger partial charge < -0.3 is 9.47 Å². The molecular weight excluding hydrogens is 224 g/mol. The zero-order chi connectivity index (χ0) is 12.8. The molecule has 2 aliphatic rings. The van der Waals surface area contributed by atoms with Gasteiger partial charge >= 0.3 is 0 Å². The third-order valence-electron chi connectivity index (χ3n) is 5.28. The van der Waals surface area contributed by atoms with E-state index in [1.54, 1.807) is 0 Å². The minimum Gasteiger partial charge on any atom is -0.384 e. The Balaban J connectivity index is 2.02. The first kappa shape index (κ1) is 14.3. The fourth-order valence-corrected chi connectivity index (χ4v) is 4.37. The van der Waals surface area contributed by atoms with E-state index >= 15 is 0 Å². The molecule has 0 spiro atoms. The van der Waals surface area contributed by atoms with E-state index in [2.05, 4.69) is 0 Å². The molecule has 0 aliphatic heterocycles. The molecule has 0 radical (unpaired) electrons. The first-order valence-corrected chi connectivity index (χ1v) is 7.84. The van der Waals surface area contributed by atoms with Gasteiger partial charge in [-0.05, 0) is 23.7 Å². The summed E-state index contributed by atoms with van der Waals surface area (Å²) in [7, 11) is 3.72. The summed E-state index contributed by atoms with van der Waals surface area (Å²) in [5, 5.41) is 0. The van der Waals surface area contributed by atoms with Crippen LogP contribution >= 0.6 is 0 Å². The smallest absolute Gasteiger partial charge is 0.0496 e. The first-order chi connectivity index (χ1) is 8.86. The Kier molecular flexibility index (Phi) is 5.97. The molecule has 2 rings (SSSR count). The van der Waals surface area contributed by atoms with Crippen molar-refractivity contribution in [3.8, 4) is 0 Å². The van der Waals surface area contributed by atoms with Gasteiger partial charge in [-0.15, -0.1) is 0 Å². The van der Waals surface area contributed by atoms with Crippen LogP contribution in [0.1, 0.15) is 51.4 Å². The van der Waals surface area contributed by atoms with Crippen LogP contribution in [0.25, 0.3) is 0 Å². The van der Waals surface area contributed by atoms with Gasteiger partial charge in [0.15, 0.2) is 0 Å². The highest BCUT2D eigenvalue weighted by atomic mass is 16.5. The van der Waals surface area contributed by atoms with Crippen LogP contribution in [0, 0.1) is 23.7 Å². The van der Waals surface area contributed by atoms with Crippen LogP contribution in [0.15, 0.2) is 0 Å². The molecule has 0 heterocycles. The molecule has 0 amide bonds. The quantitative estimate of drug-likeness (QED) is 0.686. The zero-order valence-electron chi connectivity index (χ0n) is 12.2. The fraction of sp³-hybridized carbons (Fsp3) is 1.00. The molecule has 0 aromatic heterocycles. The largest absolute Gasteiger partial charge is 0.384 e. The first-order valence-electron chi connectivity index (χ1n) is 7.84. The van der Waals surface area contributed by atoms with Crippen molar-refractivity contribution in [3.05, 3.63) is 0 Å². The Hall–Kier alpha value is -0.0800. The molecule has 0 saturated heterocycles. The molecule has 0 aromatic carbocycles. The zero-order valence-corrected chi connectivity index (χ0v) is 12.2. The minimum atomic E-state index is 0.737. The van der Waals surface area contributed by atoms with E-state index in [1.807, 2.05) is 14.2 Å². The fourth-order valence-electron chi connectivity index (χ4n) is 4.37. The highest BCUT2D eigenvalue weighted by Crippen LogP contribution is 2.42. The van der Waals surface area contributed by atoms with E-state index in [9.17, 15) is 0 Å². The van der Waals surface area contributed by atoms with Gasteiger partial charge in [0, 0.05) is 27.4 Å². The monoisotopic (exact) mass is 254 g/mol. The summed E-state index contributed by atoms with van der Waals surface area (Å²) in [4.78, 5) is 0. The lowest BCUT2D eigenvalue weighted by molar-refractivity contribution is 0.0153. The van der Waals surface area contributed by atoms with Gasteiger partial charge in [-0.1, -0.05) is 51.4 Å². The molecule has 0 N–H and O–H groups in total. The predicted octanol–water partition coefficient (Wildman–Crippen LogP) is 3.89. The number of ether oxygens (including phenoxy) is 2. The Morgan fingerprint density at radius 1 is 0.722 bits per heavy atom. The third kappa shape index (κ3) is 3.48. The lowest BCUT2D eigenvalue weighted by Gasteiger charge is -2.35. The second-order valence-corrected chi connectivity index (χ2v) is 6.33. The maximum atomic E-state index is 5.55. The summed E-state index contributed by atoms with van der Waals surface area (Å²) in [6.07, 6.45) is 11.4. The van der Waals surface area contributed by atoms with Crippen LogP contribution < -0.4 is 0 Å². The van der Waals surface area contributed by atoms with Gasteiger partial charge in [0.05, 0.1) is 0 Å². The van der Waals surface area contributed by atoms with Crippen molar-refractivity contribution in [2.24, 2.45) is 23.7 Å². The number of hydrogen-bond acceptors (Lipinski definition) is 2. The second kappa shape index (κ2) is 7.49. The third-order valence-corrected chi connectivity index (χ3v) is 5.28. The topological polar surface area (TPSA) is 18.5 Å². The standard InChI is InChI=1S/C16H30O2/c1-17-11-15(13-7-3-4-8-13)16(12-18-2)14-9-5-6-10-14/h13-16H,3-12H2,1-2H3. The molecule has 2 aliphatic carbocycles. The van der Waals surface area contributed by atoms with E-state index in [0.717, 1.165) is 36.9 Å². The molecule has 2 atom stereocenters. The van der Waals surface area contributed by atoms with E-state index < -0.39 is 0 Å². The van der Waals surface area contributed by atoms with Crippen LogP contribution in [-0.2, 0) is 9.47 Å². The van der Waals surface area contributed by atoms with Crippen LogP contribution in [0.4, 0.5) is 0 Å². The Labute approximate surface area is 112 Å². The Bertz CT molecular complexity index is 193. The SMILES string of the molecule is COCC(C1CCCC1)C(COC)C1CCCC1. The Morgan fingerprint density at radius 3 is 1.33 bits per heavy atom. The predicted molar refractivity (Wildman–Crippen MR) is 74.6 cm³/mol. The molecule has 2 unspecified atom stereocenters. The molecule has 2 nitrogen and oxygen atoms in total. The molecule has 2 saturated carbocycles. The van der Waals surface area contributed by atoms with Gasteiger partial charge in [0.1, 0.15) is 0 Å². The minimum absolute atomic E-state index is 0.737. The molecule has 2 fully saturated rings. The van der Waals surface area contributed by atoms with Crippen molar-refractivity contribution in [1.82, 2.24) is 0 Å². The van der Waals surface area contributed by atoms with E-state index in [4.69, 9.17) is 9.47 Å². The second-order valence-electron chi connectivity index (χ2n) is 6.33. The summed E-state index contributed by atoms with van der Waals surface area (Å²) in [5.41, 5.74) is 0. The summed E-state index contributed by atoms with van der Waals surface area (Å²) >= 11 is 0. The van der Waals surface area contributed by atoms with E-state index in [1.165, 1.54) is 51.4 Å². The van der Waals surface area contributed by atoms with Gasteiger partial charge in [0.2, 0.25) is 0 Å².